The van der Waals surface area contributed by atoms with Crippen molar-refractivity contribution in [3.05, 3.63) is 42.0 Å². The van der Waals surface area contributed by atoms with Crippen LogP contribution in [0, 0.1) is 5.92 Å². The molecule has 1 aromatic carbocycles. The standard InChI is InChI=1S/C30H40N6O11S3/c1-16(2)24(35-26(40)21(50(44,45)46)12-14-36-22(37)10-11-23(36)38)27(41)34-20(5-4-13-32-30(31)43)25(39)33-19-8-6-18(7-9-19)15-47-28(42)29-48-17(3)49-29/h6-11,16-17,20-21,24,29H,4-5,12-15H2,1-3H3,(H,33,39)(H,34,41)(H,35,40)(H3,31,32,43)(H,44,45,46)/t17?,20-,21-,24-,29?/m0/s1. The van der Waals surface area contributed by atoms with Gasteiger partial charge >= 0.3 is 12.0 Å². The molecule has 3 atom stereocenters. The van der Waals surface area contributed by atoms with Gasteiger partial charge < -0.3 is 31.7 Å². The number of primary amides is 1. The Morgan fingerprint density at radius 1 is 0.960 bits per heavy atom. The second-order valence-electron chi connectivity index (χ2n) is 11.6. The zero-order valence-corrected chi connectivity index (χ0v) is 29.9. The Morgan fingerprint density at radius 2 is 1.58 bits per heavy atom. The molecule has 3 rings (SSSR count). The largest absolute Gasteiger partial charge is 0.459 e. The summed E-state index contributed by atoms with van der Waals surface area (Å²) in [6, 6.07) is 3.09. The Balaban J connectivity index is 1.66. The zero-order chi connectivity index (χ0) is 37.2. The molecule has 7 amide bonds. The molecule has 0 saturated carbocycles. The summed E-state index contributed by atoms with van der Waals surface area (Å²) in [5.74, 6) is -5.15. The van der Waals surface area contributed by atoms with Gasteiger partial charge in [-0.2, -0.15) is 8.42 Å². The molecule has 0 aromatic heterocycles. The van der Waals surface area contributed by atoms with Crippen LogP contribution in [0.4, 0.5) is 10.5 Å². The molecule has 2 aliphatic rings. The Morgan fingerprint density at radius 3 is 2.12 bits per heavy atom. The summed E-state index contributed by atoms with van der Waals surface area (Å²) in [5, 5.41) is 7.81. The second-order valence-corrected chi connectivity index (χ2v) is 16.7. The molecule has 0 radical (unpaired) electrons. The fourth-order valence-corrected chi connectivity index (χ4v) is 7.90. The van der Waals surface area contributed by atoms with E-state index in [1.165, 1.54) is 23.5 Å². The van der Waals surface area contributed by atoms with Crippen molar-refractivity contribution in [3.63, 3.8) is 0 Å². The molecule has 20 heteroatoms. The Kier molecular flexibility index (Phi) is 14.7. The van der Waals surface area contributed by atoms with Crippen LogP contribution in [0.25, 0.3) is 0 Å². The number of hydrogen-bond acceptors (Lipinski definition) is 12. The highest BCUT2D eigenvalue weighted by atomic mass is 32.3. The van der Waals surface area contributed by atoms with Gasteiger partial charge in [-0.05, 0) is 49.8 Å². The van der Waals surface area contributed by atoms with Crippen LogP contribution >= 0.6 is 23.5 Å². The first-order valence-electron chi connectivity index (χ1n) is 15.5. The van der Waals surface area contributed by atoms with Crippen LogP contribution in [-0.4, -0.2) is 99.0 Å². The Labute approximate surface area is 297 Å². The summed E-state index contributed by atoms with van der Waals surface area (Å²) in [4.78, 5) is 87.5. The van der Waals surface area contributed by atoms with Crippen LogP contribution < -0.4 is 27.0 Å². The number of benzene rings is 1. The lowest BCUT2D eigenvalue weighted by Crippen LogP contribution is -2.56. The van der Waals surface area contributed by atoms with Crippen molar-refractivity contribution in [3.8, 4) is 0 Å². The number of anilines is 1. The van der Waals surface area contributed by atoms with E-state index in [9.17, 15) is 46.5 Å². The molecule has 2 aliphatic heterocycles. The average molecular weight is 757 g/mol. The first kappa shape index (κ1) is 40.3. The van der Waals surface area contributed by atoms with E-state index < -0.39 is 81.9 Å². The fourth-order valence-electron chi connectivity index (χ4n) is 4.75. The lowest BCUT2D eigenvalue weighted by molar-refractivity contribution is -0.142. The van der Waals surface area contributed by atoms with Crippen molar-refractivity contribution in [2.45, 2.75) is 73.1 Å². The van der Waals surface area contributed by atoms with Crippen molar-refractivity contribution in [1.29, 1.82) is 0 Å². The van der Waals surface area contributed by atoms with Gasteiger partial charge in [-0.15, -0.1) is 23.5 Å². The SMILES string of the molecule is CC1SC(C(=O)OCc2ccc(NC(=O)[C@H](CCCNC(N)=O)NC(=O)[C@@H](NC(=O)[C@H](CCN3C(=O)C=CC3=O)S(=O)(=O)O)C(C)C)cc2)S1. The monoisotopic (exact) mass is 756 g/mol. The number of thioether (sulfide) groups is 2. The lowest BCUT2D eigenvalue weighted by Gasteiger charge is -2.29. The minimum Gasteiger partial charge on any atom is -0.459 e. The maximum Gasteiger partial charge on any atom is 0.329 e. The van der Waals surface area contributed by atoms with E-state index in [0.717, 1.165) is 12.2 Å². The summed E-state index contributed by atoms with van der Waals surface area (Å²) in [6.45, 7) is 4.72. The molecule has 0 spiro atoms. The van der Waals surface area contributed by atoms with Crippen LogP contribution in [0.3, 0.4) is 0 Å². The molecular formula is C30H40N6O11S3. The summed E-state index contributed by atoms with van der Waals surface area (Å²) >= 11 is 3.03. The number of carbonyl (C=O) groups is 7. The van der Waals surface area contributed by atoms with Crippen LogP contribution in [0.2, 0.25) is 0 Å². The number of nitrogens with one attached hydrogen (secondary N) is 4. The minimum absolute atomic E-state index is 0.0139. The molecule has 0 bridgehead atoms. The highest BCUT2D eigenvalue weighted by molar-refractivity contribution is 8.34. The van der Waals surface area contributed by atoms with E-state index >= 15 is 0 Å². The molecule has 17 nitrogen and oxygen atoms in total. The summed E-state index contributed by atoms with van der Waals surface area (Å²) in [6.07, 6.45) is 1.52. The maximum atomic E-state index is 13.5. The summed E-state index contributed by atoms with van der Waals surface area (Å²) in [5.41, 5.74) is 6.14. The van der Waals surface area contributed by atoms with Gasteiger partial charge in [0.2, 0.25) is 17.7 Å². The number of imide groups is 1. The third-order valence-electron chi connectivity index (χ3n) is 7.44. The average Bonchev–Trinajstić information content (AvgIpc) is 3.34. The number of nitrogens with zero attached hydrogens (tertiary/aromatic N) is 1. The van der Waals surface area contributed by atoms with Crippen LogP contribution in [-0.2, 0) is 50.2 Å². The van der Waals surface area contributed by atoms with Crippen molar-refractivity contribution in [2.75, 3.05) is 18.4 Å². The molecular weight excluding hydrogens is 717 g/mol. The van der Waals surface area contributed by atoms with E-state index in [-0.39, 0.29) is 36.5 Å². The molecule has 0 aliphatic carbocycles. The van der Waals surface area contributed by atoms with E-state index in [0.29, 0.717) is 20.7 Å². The fraction of sp³-hybridized carbons (Fsp3) is 0.500. The highest BCUT2D eigenvalue weighted by Crippen LogP contribution is 2.47. The number of rotatable bonds is 18. The number of urea groups is 1. The normalized spacial score (nSPS) is 18.9. The zero-order valence-electron chi connectivity index (χ0n) is 27.4. The smallest absolute Gasteiger partial charge is 0.329 e. The number of nitrogens with two attached hydrogens (primary N) is 1. The predicted octanol–water partition coefficient (Wildman–Crippen LogP) is 0.466. The van der Waals surface area contributed by atoms with Gasteiger partial charge in [-0.3, -0.25) is 33.4 Å². The Hall–Kier alpha value is -4.14. The quantitative estimate of drug-likeness (QED) is 0.0516. The minimum atomic E-state index is -5.05. The van der Waals surface area contributed by atoms with Crippen LogP contribution in [0.15, 0.2) is 36.4 Å². The van der Waals surface area contributed by atoms with E-state index in [1.54, 1.807) is 38.1 Å². The Bertz CT molecular complexity index is 1580. The van der Waals surface area contributed by atoms with Crippen molar-refractivity contribution < 1.29 is 51.3 Å². The van der Waals surface area contributed by atoms with Gasteiger partial charge in [-0.1, -0.05) is 26.0 Å². The second kappa shape index (κ2) is 18.2. The first-order valence-corrected chi connectivity index (χ1v) is 18.9. The predicted molar refractivity (Wildman–Crippen MR) is 185 cm³/mol. The van der Waals surface area contributed by atoms with E-state index in [4.69, 9.17) is 10.5 Å². The molecule has 50 heavy (non-hydrogen) atoms. The highest BCUT2D eigenvalue weighted by Gasteiger charge is 2.37. The molecule has 0 unspecified atom stereocenters. The lowest BCUT2D eigenvalue weighted by atomic mass is 10.0. The summed E-state index contributed by atoms with van der Waals surface area (Å²) in [7, 11) is -5.05. The van der Waals surface area contributed by atoms with E-state index in [2.05, 4.69) is 21.3 Å². The maximum absolute atomic E-state index is 13.5. The van der Waals surface area contributed by atoms with Gasteiger partial charge in [0.15, 0.2) is 5.25 Å². The molecule has 1 aromatic rings. The number of hydrogen-bond donors (Lipinski definition) is 6. The molecule has 2 heterocycles. The van der Waals surface area contributed by atoms with Crippen LogP contribution in [0.5, 0.6) is 0 Å². The third kappa shape index (κ3) is 12.0. The van der Waals surface area contributed by atoms with Gasteiger partial charge in [0.25, 0.3) is 21.9 Å². The summed E-state index contributed by atoms with van der Waals surface area (Å²) < 4.78 is 39.4. The van der Waals surface area contributed by atoms with E-state index in [1.807, 2.05) is 6.92 Å². The van der Waals surface area contributed by atoms with Gasteiger partial charge in [-0.25, -0.2) is 9.59 Å². The van der Waals surface area contributed by atoms with Crippen LogP contribution in [0.1, 0.15) is 45.6 Å². The number of carbonyl (C=O) groups excluding carboxylic acids is 7. The number of ether oxygens (including phenoxy) is 1. The van der Waals surface area contributed by atoms with Gasteiger partial charge in [0.1, 0.15) is 23.3 Å². The topological polar surface area (TPSA) is 260 Å². The van der Waals surface area contributed by atoms with Gasteiger partial charge in [0.05, 0.1) is 4.58 Å². The molecule has 274 valence electrons. The van der Waals surface area contributed by atoms with Crippen molar-refractivity contribution in [2.24, 2.45) is 11.7 Å². The van der Waals surface area contributed by atoms with Crippen molar-refractivity contribution in [1.82, 2.24) is 20.9 Å². The third-order valence-corrected chi connectivity index (χ3v) is 11.6. The van der Waals surface area contributed by atoms with Gasteiger partial charge in [0, 0.05) is 30.9 Å². The van der Waals surface area contributed by atoms with Crippen molar-refractivity contribution >= 4 is 80.9 Å². The first-order chi connectivity index (χ1) is 23.5. The molecule has 1 fully saturated rings. The number of amides is 7. The molecule has 7 N–H and O–H groups in total. The molecule has 1 saturated heterocycles. The number of esters is 1.